The molecule has 1 aliphatic carbocycles. The lowest BCUT2D eigenvalue weighted by Gasteiger charge is -2.37. The van der Waals surface area contributed by atoms with Crippen molar-refractivity contribution in [3.63, 3.8) is 0 Å². The maximum Gasteiger partial charge on any atom is 0.192 e. The summed E-state index contributed by atoms with van der Waals surface area (Å²) >= 11 is 0. The first kappa shape index (κ1) is 16.2. The lowest BCUT2D eigenvalue weighted by molar-refractivity contribution is -0.115. The minimum atomic E-state index is -1.85. The van der Waals surface area contributed by atoms with Gasteiger partial charge >= 0.3 is 0 Å². The Balaban J connectivity index is 2.79. The standard InChI is InChI=1S/C15H26O3Si/c1-8-17-11(2)13-9-12(10-14(13)16)18-19(6,7)15(3,4)5/h9,12H,2,8,10H2,1,3-7H3. The Morgan fingerprint density at radius 2 is 2.05 bits per heavy atom. The highest BCUT2D eigenvalue weighted by Gasteiger charge is 2.40. The molecular formula is C15H26O3Si. The number of ketones is 1. The fraction of sp³-hybridized carbons (Fsp3) is 0.667. The molecule has 3 nitrogen and oxygen atoms in total. The molecule has 0 aromatic heterocycles. The van der Waals surface area contributed by atoms with Gasteiger partial charge in [-0.15, -0.1) is 0 Å². The second kappa shape index (κ2) is 5.63. The first-order valence-electron chi connectivity index (χ1n) is 6.83. The summed E-state index contributed by atoms with van der Waals surface area (Å²) in [6, 6.07) is 0. The summed E-state index contributed by atoms with van der Waals surface area (Å²) < 4.78 is 11.6. The number of carbonyl (C=O) groups excluding carboxylic acids is 1. The van der Waals surface area contributed by atoms with Crippen LogP contribution in [0.1, 0.15) is 34.1 Å². The van der Waals surface area contributed by atoms with Gasteiger partial charge in [0.15, 0.2) is 14.1 Å². The van der Waals surface area contributed by atoms with E-state index in [1.807, 2.05) is 13.0 Å². The smallest absolute Gasteiger partial charge is 0.192 e. The lowest BCUT2D eigenvalue weighted by Crippen LogP contribution is -2.43. The second-order valence-corrected chi connectivity index (χ2v) is 11.2. The average molecular weight is 282 g/mol. The maximum absolute atomic E-state index is 12.0. The van der Waals surface area contributed by atoms with Gasteiger partial charge in [0.2, 0.25) is 0 Å². The summed E-state index contributed by atoms with van der Waals surface area (Å²) in [6.07, 6.45) is 2.16. The molecule has 1 rings (SSSR count). The van der Waals surface area contributed by atoms with E-state index in [-0.39, 0.29) is 16.9 Å². The Bertz CT molecular complexity index is 402. The van der Waals surface area contributed by atoms with E-state index in [9.17, 15) is 4.79 Å². The average Bonchev–Trinajstić information content (AvgIpc) is 2.57. The van der Waals surface area contributed by atoms with Gasteiger partial charge in [-0.1, -0.05) is 27.4 Å². The summed E-state index contributed by atoms with van der Waals surface area (Å²) in [5, 5.41) is 0.142. The number of hydrogen-bond donors (Lipinski definition) is 0. The van der Waals surface area contributed by atoms with Crippen LogP contribution < -0.4 is 0 Å². The monoisotopic (exact) mass is 282 g/mol. The number of carbonyl (C=O) groups is 1. The van der Waals surface area contributed by atoms with Gasteiger partial charge in [0, 0.05) is 6.42 Å². The molecule has 1 atom stereocenters. The summed E-state index contributed by atoms with van der Waals surface area (Å²) in [6.45, 7) is 17.2. The van der Waals surface area contributed by atoms with E-state index in [1.165, 1.54) is 0 Å². The second-order valence-electron chi connectivity index (χ2n) is 6.48. The van der Waals surface area contributed by atoms with Crippen LogP contribution in [0.25, 0.3) is 0 Å². The van der Waals surface area contributed by atoms with Crippen molar-refractivity contribution in [2.75, 3.05) is 6.61 Å². The summed E-state index contributed by atoms with van der Waals surface area (Å²) in [4.78, 5) is 12.0. The lowest BCUT2D eigenvalue weighted by atomic mass is 10.2. The molecule has 108 valence electrons. The molecule has 0 saturated carbocycles. The third kappa shape index (κ3) is 3.80. The van der Waals surface area contributed by atoms with Crippen LogP contribution >= 0.6 is 0 Å². The first-order chi connectivity index (χ1) is 8.58. The first-order valence-corrected chi connectivity index (χ1v) is 9.74. The quantitative estimate of drug-likeness (QED) is 0.568. The highest BCUT2D eigenvalue weighted by atomic mass is 28.4. The zero-order valence-electron chi connectivity index (χ0n) is 13.0. The molecule has 0 N–H and O–H groups in total. The van der Waals surface area contributed by atoms with Crippen molar-refractivity contribution in [1.29, 1.82) is 0 Å². The Morgan fingerprint density at radius 1 is 1.47 bits per heavy atom. The van der Waals surface area contributed by atoms with Crippen LogP contribution in [0.3, 0.4) is 0 Å². The van der Waals surface area contributed by atoms with Gasteiger partial charge in [-0.3, -0.25) is 4.79 Å². The van der Waals surface area contributed by atoms with Crippen LogP contribution in [-0.2, 0) is 14.0 Å². The largest absolute Gasteiger partial charge is 0.494 e. The molecule has 0 bridgehead atoms. The molecule has 0 aromatic carbocycles. The summed E-state index contributed by atoms with van der Waals surface area (Å²) in [7, 11) is -1.85. The normalized spacial score (nSPS) is 20.4. The van der Waals surface area contributed by atoms with E-state index in [1.54, 1.807) is 0 Å². The molecule has 0 amide bonds. The fourth-order valence-electron chi connectivity index (χ4n) is 1.76. The minimum Gasteiger partial charge on any atom is -0.494 e. The van der Waals surface area contributed by atoms with Crippen LogP contribution in [0.2, 0.25) is 18.1 Å². The molecule has 1 aliphatic rings. The molecular weight excluding hydrogens is 256 g/mol. The molecule has 0 radical (unpaired) electrons. The Kier molecular flexibility index (Phi) is 4.80. The van der Waals surface area contributed by atoms with E-state index in [0.29, 0.717) is 24.4 Å². The zero-order chi connectivity index (χ0) is 14.8. The van der Waals surface area contributed by atoms with Crippen LogP contribution in [0.15, 0.2) is 24.0 Å². The highest BCUT2D eigenvalue weighted by Crippen LogP contribution is 2.39. The van der Waals surface area contributed by atoms with Crippen LogP contribution in [0.5, 0.6) is 0 Å². The Hall–Kier alpha value is -0.873. The SMILES string of the molecule is C=C(OCC)C1=CC(O[Si](C)(C)C(C)(C)C)CC1=O. The van der Waals surface area contributed by atoms with Gasteiger partial charge in [-0.05, 0) is 31.1 Å². The highest BCUT2D eigenvalue weighted by molar-refractivity contribution is 6.74. The van der Waals surface area contributed by atoms with Crippen molar-refractivity contribution in [1.82, 2.24) is 0 Å². The number of hydrogen-bond acceptors (Lipinski definition) is 3. The number of allylic oxidation sites excluding steroid dienone is 1. The van der Waals surface area contributed by atoms with Gasteiger partial charge in [-0.25, -0.2) is 0 Å². The van der Waals surface area contributed by atoms with Gasteiger partial charge < -0.3 is 9.16 Å². The Labute approximate surface area is 117 Å². The summed E-state index contributed by atoms with van der Waals surface area (Å²) in [5.41, 5.74) is 0.588. The van der Waals surface area contributed by atoms with Crippen molar-refractivity contribution in [3.8, 4) is 0 Å². The van der Waals surface area contributed by atoms with Crippen LogP contribution in [0, 0.1) is 0 Å². The van der Waals surface area contributed by atoms with Crippen molar-refractivity contribution in [2.45, 2.75) is 58.4 Å². The third-order valence-corrected chi connectivity index (χ3v) is 8.42. The molecule has 0 heterocycles. The predicted molar refractivity (Wildman–Crippen MR) is 80.5 cm³/mol. The topological polar surface area (TPSA) is 35.5 Å². The molecule has 19 heavy (non-hydrogen) atoms. The van der Waals surface area contributed by atoms with Gasteiger partial charge in [0.05, 0.1) is 18.3 Å². The van der Waals surface area contributed by atoms with Gasteiger partial charge in [0.25, 0.3) is 0 Å². The van der Waals surface area contributed by atoms with E-state index in [2.05, 4.69) is 40.4 Å². The van der Waals surface area contributed by atoms with Crippen LogP contribution in [0.4, 0.5) is 0 Å². The zero-order valence-corrected chi connectivity index (χ0v) is 14.0. The molecule has 0 spiro atoms. The van der Waals surface area contributed by atoms with Crippen molar-refractivity contribution < 1.29 is 14.0 Å². The molecule has 0 aromatic rings. The van der Waals surface area contributed by atoms with Crippen molar-refractivity contribution >= 4 is 14.1 Å². The van der Waals surface area contributed by atoms with Crippen molar-refractivity contribution in [3.05, 3.63) is 24.0 Å². The summed E-state index contributed by atoms with van der Waals surface area (Å²) in [5.74, 6) is 0.538. The van der Waals surface area contributed by atoms with E-state index in [4.69, 9.17) is 9.16 Å². The molecule has 0 saturated heterocycles. The van der Waals surface area contributed by atoms with Crippen LogP contribution in [-0.4, -0.2) is 26.8 Å². The number of rotatable bonds is 5. The van der Waals surface area contributed by atoms with E-state index in [0.717, 1.165) is 0 Å². The minimum absolute atomic E-state index is 0.0714. The molecule has 0 fully saturated rings. The van der Waals surface area contributed by atoms with Gasteiger partial charge in [-0.2, -0.15) is 0 Å². The third-order valence-electron chi connectivity index (χ3n) is 3.91. The molecule has 4 heteroatoms. The van der Waals surface area contributed by atoms with Crippen molar-refractivity contribution in [2.24, 2.45) is 0 Å². The van der Waals surface area contributed by atoms with E-state index >= 15 is 0 Å². The number of ether oxygens (including phenoxy) is 1. The maximum atomic E-state index is 12.0. The van der Waals surface area contributed by atoms with Gasteiger partial charge in [0.1, 0.15) is 5.76 Å². The van der Waals surface area contributed by atoms with E-state index < -0.39 is 8.32 Å². The molecule has 1 unspecified atom stereocenters. The number of Topliss-reactive ketones (excluding diaryl/α,β-unsaturated/α-hetero) is 1. The fourth-order valence-corrected chi connectivity index (χ4v) is 3.02. The predicted octanol–water partition coefficient (Wildman–Crippen LogP) is 3.83. The molecule has 0 aliphatic heterocycles. The Morgan fingerprint density at radius 3 is 2.53 bits per heavy atom.